The zero-order valence-corrected chi connectivity index (χ0v) is 10.4. The van der Waals surface area contributed by atoms with Crippen LogP contribution in [0.2, 0.25) is 0 Å². The first-order chi connectivity index (χ1) is 8.92. The van der Waals surface area contributed by atoms with Gasteiger partial charge in [-0.3, -0.25) is 0 Å². The number of benzene rings is 1. The van der Waals surface area contributed by atoms with E-state index in [2.05, 4.69) is 34.7 Å². The minimum atomic E-state index is 0.908. The first kappa shape index (κ1) is 10.1. The highest BCUT2D eigenvalue weighted by atomic mass is 32.2. The molecular weight excluding hydrogens is 240 g/mol. The fourth-order valence-electron chi connectivity index (χ4n) is 2.29. The molecule has 0 saturated heterocycles. The van der Waals surface area contributed by atoms with E-state index in [1.54, 1.807) is 11.8 Å². The van der Waals surface area contributed by atoms with Gasteiger partial charge < -0.3 is 0 Å². The highest BCUT2D eigenvalue weighted by Crippen LogP contribution is 2.32. The standard InChI is InChI=1S/C15H10N2S/c1-2-6-11-10(5-1)15-13(16-11)9-18-14-8-4-3-7-12(14)17-15/h1-6,8-9H,7H2. The lowest BCUT2D eigenvalue weighted by Crippen LogP contribution is -2.21. The largest absolute Gasteiger partial charge is 0.249 e. The molecule has 1 aromatic rings. The molecule has 0 spiro atoms. The number of para-hydroxylation sites is 1. The fraction of sp³-hybridized carbons (Fsp3) is 0.0667. The Morgan fingerprint density at radius 3 is 3.06 bits per heavy atom. The Morgan fingerprint density at radius 2 is 2.06 bits per heavy atom. The van der Waals surface area contributed by atoms with Crippen LogP contribution in [0.15, 0.2) is 68.5 Å². The topological polar surface area (TPSA) is 24.7 Å². The molecule has 0 fully saturated rings. The summed E-state index contributed by atoms with van der Waals surface area (Å²) in [5.74, 6) is 0. The molecular formula is C15H10N2S. The van der Waals surface area contributed by atoms with Crippen LogP contribution < -0.4 is 10.6 Å². The number of thioether (sulfide) groups is 1. The molecule has 3 aliphatic rings. The van der Waals surface area contributed by atoms with Crippen molar-refractivity contribution in [1.82, 2.24) is 0 Å². The average molecular weight is 250 g/mol. The monoisotopic (exact) mass is 250 g/mol. The Labute approximate surface area is 109 Å². The summed E-state index contributed by atoms with van der Waals surface area (Å²) >= 11 is 1.72. The molecule has 0 N–H and O–H groups in total. The van der Waals surface area contributed by atoms with Crippen molar-refractivity contribution in [2.24, 2.45) is 9.98 Å². The van der Waals surface area contributed by atoms with E-state index in [0.717, 1.165) is 34.1 Å². The van der Waals surface area contributed by atoms with Crippen LogP contribution in [-0.4, -0.2) is 5.71 Å². The molecule has 0 saturated carbocycles. The number of rotatable bonds is 0. The van der Waals surface area contributed by atoms with Gasteiger partial charge in [0.05, 0.1) is 22.5 Å². The number of nitrogens with zero attached hydrogens (tertiary/aromatic N) is 2. The minimum absolute atomic E-state index is 0.908. The van der Waals surface area contributed by atoms with Crippen molar-refractivity contribution in [3.05, 3.63) is 69.1 Å². The third-order valence-corrected chi connectivity index (χ3v) is 4.13. The summed E-state index contributed by atoms with van der Waals surface area (Å²) < 4.78 is 0. The second-order valence-corrected chi connectivity index (χ2v) is 5.23. The van der Waals surface area contributed by atoms with Crippen molar-refractivity contribution in [2.75, 3.05) is 0 Å². The van der Waals surface area contributed by atoms with Crippen LogP contribution in [0.1, 0.15) is 6.42 Å². The Morgan fingerprint density at radius 1 is 1.11 bits per heavy atom. The highest BCUT2D eigenvalue weighted by Gasteiger charge is 2.19. The Balaban J connectivity index is 2.03. The summed E-state index contributed by atoms with van der Waals surface area (Å²) in [6, 6.07) is 8.20. The number of aliphatic imine (C=N–C) groups is 1. The van der Waals surface area contributed by atoms with Crippen molar-refractivity contribution in [3.63, 3.8) is 0 Å². The summed E-state index contributed by atoms with van der Waals surface area (Å²) in [5.41, 5.74) is 3.16. The zero-order valence-electron chi connectivity index (χ0n) is 9.63. The van der Waals surface area contributed by atoms with Gasteiger partial charge in [0.25, 0.3) is 0 Å². The van der Waals surface area contributed by atoms with E-state index in [0.29, 0.717) is 0 Å². The maximum Gasteiger partial charge on any atom is 0.0989 e. The van der Waals surface area contributed by atoms with Gasteiger partial charge in [0.15, 0.2) is 0 Å². The fourth-order valence-corrected chi connectivity index (χ4v) is 3.11. The van der Waals surface area contributed by atoms with Crippen LogP contribution in [0.25, 0.3) is 5.70 Å². The Hall–Kier alpha value is -1.87. The van der Waals surface area contributed by atoms with E-state index in [4.69, 9.17) is 4.99 Å². The molecule has 86 valence electrons. The Kier molecular flexibility index (Phi) is 2.14. The Bertz CT molecular complexity index is 779. The van der Waals surface area contributed by atoms with Crippen LogP contribution in [0.3, 0.4) is 0 Å². The minimum Gasteiger partial charge on any atom is -0.249 e. The van der Waals surface area contributed by atoms with Crippen molar-refractivity contribution in [1.29, 1.82) is 0 Å². The van der Waals surface area contributed by atoms with Crippen LogP contribution in [0.5, 0.6) is 0 Å². The molecule has 0 unspecified atom stereocenters. The quantitative estimate of drug-likeness (QED) is 0.693. The molecule has 1 aromatic carbocycles. The molecule has 0 amide bonds. The lowest BCUT2D eigenvalue weighted by molar-refractivity contribution is 1.32. The summed E-state index contributed by atoms with van der Waals surface area (Å²) in [6.07, 6.45) is 7.27. The SMILES string of the molecule is C1=CCC2=NC3=c4ccccc4=NC3=CSC2=C1. The van der Waals surface area contributed by atoms with Gasteiger partial charge in [0.1, 0.15) is 0 Å². The maximum absolute atomic E-state index is 4.83. The average Bonchev–Trinajstić information content (AvgIpc) is 2.65. The van der Waals surface area contributed by atoms with Crippen LogP contribution >= 0.6 is 11.8 Å². The van der Waals surface area contributed by atoms with E-state index in [1.807, 2.05) is 18.2 Å². The third kappa shape index (κ3) is 1.44. The summed E-state index contributed by atoms with van der Waals surface area (Å²) in [7, 11) is 0. The van der Waals surface area contributed by atoms with Gasteiger partial charge in [-0.25, -0.2) is 9.98 Å². The summed E-state index contributed by atoms with van der Waals surface area (Å²) in [6.45, 7) is 0. The van der Waals surface area contributed by atoms with Crippen molar-refractivity contribution in [3.8, 4) is 0 Å². The van der Waals surface area contributed by atoms with Crippen LogP contribution in [0, 0.1) is 0 Å². The van der Waals surface area contributed by atoms with Gasteiger partial charge in [0.2, 0.25) is 0 Å². The van der Waals surface area contributed by atoms with Gasteiger partial charge in [0, 0.05) is 22.0 Å². The van der Waals surface area contributed by atoms with Gasteiger partial charge in [-0.05, 0) is 12.1 Å². The second kappa shape index (κ2) is 3.82. The lowest BCUT2D eigenvalue weighted by Gasteiger charge is -2.07. The molecule has 4 rings (SSSR count). The molecule has 2 heterocycles. The predicted octanol–water partition coefficient (Wildman–Crippen LogP) is 2.30. The molecule has 2 nitrogen and oxygen atoms in total. The molecule has 2 aliphatic heterocycles. The molecule has 3 heteroatoms. The van der Waals surface area contributed by atoms with Gasteiger partial charge in [-0.1, -0.05) is 42.1 Å². The van der Waals surface area contributed by atoms with Gasteiger partial charge >= 0.3 is 0 Å². The zero-order chi connectivity index (χ0) is 11.9. The number of hydrogen-bond acceptors (Lipinski definition) is 3. The van der Waals surface area contributed by atoms with E-state index in [1.165, 1.54) is 4.91 Å². The summed E-state index contributed by atoms with van der Waals surface area (Å²) in [4.78, 5) is 10.7. The lowest BCUT2D eigenvalue weighted by atomic mass is 10.1. The van der Waals surface area contributed by atoms with E-state index in [-0.39, 0.29) is 0 Å². The van der Waals surface area contributed by atoms with Crippen molar-refractivity contribution in [2.45, 2.75) is 6.42 Å². The smallest absolute Gasteiger partial charge is 0.0989 e. The molecule has 0 bridgehead atoms. The van der Waals surface area contributed by atoms with Crippen molar-refractivity contribution >= 4 is 23.2 Å². The number of fused-ring (bicyclic) bond motifs is 3. The molecule has 0 radical (unpaired) electrons. The van der Waals surface area contributed by atoms with Gasteiger partial charge in [-0.2, -0.15) is 0 Å². The molecule has 0 aromatic heterocycles. The van der Waals surface area contributed by atoms with E-state index >= 15 is 0 Å². The predicted molar refractivity (Wildman–Crippen MR) is 75.6 cm³/mol. The summed E-state index contributed by atoms with van der Waals surface area (Å²) in [5, 5.41) is 4.28. The van der Waals surface area contributed by atoms with E-state index in [9.17, 15) is 0 Å². The number of allylic oxidation sites excluding steroid dienone is 4. The van der Waals surface area contributed by atoms with Gasteiger partial charge in [-0.15, -0.1) is 0 Å². The molecule has 18 heavy (non-hydrogen) atoms. The van der Waals surface area contributed by atoms with Crippen molar-refractivity contribution < 1.29 is 0 Å². The number of hydrogen-bond donors (Lipinski definition) is 0. The second-order valence-electron chi connectivity index (χ2n) is 4.32. The van der Waals surface area contributed by atoms with Crippen LogP contribution in [-0.2, 0) is 0 Å². The highest BCUT2D eigenvalue weighted by molar-refractivity contribution is 8.06. The maximum atomic E-state index is 4.83. The molecule has 0 atom stereocenters. The first-order valence-corrected chi connectivity index (χ1v) is 6.80. The van der Waals surface area contributed by atoms with E-state index < -0.39 is 0 Å². The normalized spacial score (nSPS) is 19.8. The third-order valence-electron chi connectivity index (χ3n) is 3.17. The van der Waals surface area contributed by atoms with Crippen LogP contribution in [0.4, 0.5) is 0 Å². The molecule has 1 aliphatic carbocycles. The first-order valence-electron chi connectivity index (χ1n) is 5.92.